The first-order valence-corrected chi connectivity index (χ1v) is 15.6. The van der Waals surface area contributed by atoms with Crippen LogP contribution in [-0.2, 0) is 17.1 Å². The maximum absolute atomic E-state index is 10.7. The van der Waals surface area contributed by atoms with Gasteiger partial charge in [-0.05, 0) is 62.4 Å². The molecule has 242 valence electrons. The van der Waals surface area contributed by atoms with Crippen molar-refractivity contribution in [3.63, 3.8) is 0 Å². The molecule has 0 aliphatic heterocycles. The summed E-state index contributed by atoms with van der Waals surface area (Å²) in [5.41, 5.74) is 9.84. The van der Waals surface area contributed by atoms with Gasteiger partial charge < -0.3 is 0 Å². The summed E-state index contributed by atoms with van der Waals surface area (Å²) in [5, 5.41) is 0. The summed E-state index contributed by atoms with van der Waals surface area (Å²) < 4.78 is 59.2. The largest absolute Gasteiger partial charge is 1.00 e. The first-order chi connectivity index (χ1) is 21.1. The summed E-state index contributed by atoms with van der Waals surface area (Å²) in [5.74, 6) is 0. The van der Waals surface area contributed by atoms with Crippen LogP contribution < -0.4 is 0 Å². The van der Waals surface area contributed by atoms with Gasteiger partial charge in [0.15, 0.2) is 0 Å². The van der Waals surface area contributed by atoms with Crippen molar-refractivity contribution in [3.05, 3.63) is 145 Å². The summed E-state index contributed by atoms with van der Waals surface area (Å²) in [6.07, 6.45) is 0. The Morgan fingerprint density at radius 1 is 0.348 bits per heavy atom. The Morgan fingerprint density at radius 3 is 0.913 bits per heavy atom. The Hall–Kier alpha value is -4.43. The summed E-state index contributed by atoms with van der Waals surface area (Å²) in [7, 11) is -10.7. The molecule has 6 rings (SSSR count). The second-order valence-electron chi connectivity index (χ2n) is 9.83. The van der Waals surface area contributed by atoms with Crippen LogP contribution in [0.4, 0.5) is 25.2 Å². The second-order valence-corrected chi connectivity index (χ2v) is 11.8. The van der Waals surface area contributed by atoms with Gasteiger partial charge in [0.2, 0.25) is 0 Å². The predicted octanol–water partition coefficient (Wildman–Crippen LogP) is 11.6. The van der Waals surface area contributed by atoms with E-state index in [-0.39, 0.29) is 17.1 Å². The van der Waals surface area contributed by atoms with Crippen LogP contribution in [0.15, 0.2) is 133 Å². The number of nitrogens with zero attached hydrogens (tertiary/aromatic N) is 4. The van der Waals surface area contributed by atoms with Crippen molar-refractivity contribution in [1.29, 1.82) is 0 Å². The van der Waals surface area contributed by atoms with Crippen molar-refractivity contribution < 1.29 is 42.3 Å². The summed E-state index contributed by atoms with van der Waals surface area (Å²) in [6, 6.07) is 44.4. The molecule has 0 fully saturated rings. The van der Waals surface area contributed by atoms with E-state index in [2.05, 4.69) is 34.2 Å². The third-order valence-electron chi connectivity index (χ3n) is 5.94. The molecule has 4 heterocycles. The average Bonchev–Trinajstić information content (AvgIpc) is 3.01. The van der Waals surface area contributed by atoms with E-state index in [1.165, 1.54) is 0 Å². The quantitative estimate of drug-likeness (QED) is 0.104. The fourth-order valence-electron chi connectivity index (χ4n) is 4.07. The Kier molecular flexibility index (Phi) is 11.2. The first kappa shape index (κ1) is 36.0. The SMILES string of the molecule is Cc1cccc(-c2cccc(-c3ccccc3)n2)n1.Cc1cccc(-c2cccc(-c3ccccc3)n2)n1.F[P-](F)(F)(F)(F)F.[Cu+]. The third-order valence-corrected chi connectivity index (χ3v) is 5.94. The van der Waals surface area contributed by atoms with Crippen LogP contribution in [-0.4, -0.2) is 19.9 Å². The van der Waals surface area contributed by atoms with E-state index >= 15 is 0 Å². The molecule has 4 nitrogen and oxygen atoms in total. The van der Waals surface area contributed by atoms with E-state index in [4.69, 9.17) is 9.97 Å². The molecule has 0 unspecified atom stereocenters. The molecule has 0 aliphatic carbocycles. The standard InChI is InChI=1S/2C17H14N2.Cu.F6P/c2*1-13-7-5-11-16(18-13)17-12-6-10-15(19-17)14-8-3-2-4-9-14;;1-7(2,3,4,5)6/h2*2-12H,1H3;;/q;;+1;-1. The van der Waals surface area contributed by atoms with E-state index in [0.717, 1.165) is 56.7 Å². The van der Waals surface area contributed by atoms with Gasteiger partial charge in [0.1, 0.15) is 0 Å². The van der Waals surface area contributed by atoms with Gasteiger partial charge in [0, 0.05) is 22.5 Å². The van der Waals surface area contributed by atoms with Crippen LogP contribution in [0, 0.1) is 13.8 Å². The average molecular weight is 701 g/mol. The Balaban J connectivity index is 0.000000205. The van der Waals surface area contributed by atoms with Gasteiger partial charge in [-0.3, -0.25) is 9.97 Å². The Bertz CT molecular complexity index is 1740. The number of rotatable bonds is 4. The fourth-order valence-corrected chi connectivity index (χ4v) is 4.07. The van der Waals surface area contributed by atoms with Crippen LogP contribution in [0.25, 0.3) is 45.3 Å². The molecule has 0 saturated carbocycles. The van der Waals surface area contributed by atoms with Crippen molar-refractivity contribution in [3.8, 4) is 45.3 Å². The second kappa shape index (κ2) is 14.3. The Morgan fingerprint density at radius 2 is 0.609 bits per heavy atom. The van der Waals surface area contributed by atoms with E-state index in [0.29, 0.717) is 0 Å². The van der Waals surface area contributed by atoms with Crippen molar-refractivity contribution in [2.24, 2.45) is 0 Å². The van der Waals surface area contributed by atoms with E-state index < -0.39 is 7.81 Å². The molecule has 0 amide bonds. The molecule has 2 aromatic carbocycles. The zero-order valence-electron chi connectivity index (χ0n) is 24.5. The molecule has 0 N–H and O–H groups in total. The fraction of sp³-hybridized carbons (Fsp3) is 0.0588. The summed E-state index contributed by atoms with van der Waals surface area (Å²) >= 11 is 0. The molecule has 0 bridgehead atoms. The summed E-state index contributed by atoms with van der Waals surface area (Å²) in [6.45, 7) is 3.98. The van der Waals surface area contributed by atoms with Gasteiger partial charge in [-0.15, -0.1) is 0 Å². The van der Waals surface area contributed by atoms with E-state index in [1.54, 1.807) is 0 Å². The van der Waals surface area contributed by atoms with Crippen LogP contribution >= 0.6 is 7.81 Å². The molecule has 0 spiro atoms. The van der Waals surface area contributed by atoms with Crippen LogP contribution in [0.2, 0.25) is 0 Å². The number of pyridine rings is 4. The molecule has 12 heteroatoms. The monoisotopic (exact) mass is 700 g/mol. The minimum absolute atomic E-state index is 0. The number of halogens is 6. The molecular weight excluding hydrogens is 673 g/mol. The molecular formula is C34H28CuF6N4P. The first-order valence-electron chi connectivity index (χ1n) is 13.6. The zero-order chi connectivity index (χ0) is 32.6. The number of aromatic nitrogens is 4. The number of aryl methyl sites for hydroxylation is 2. The van der Waals surface area contributed by atoms with Crippen LogP contribution in [0.1, 0.15) is 11.4 Å². The van der Waals surface area contributed by atoms with Crippen molar-refractivity contribution in [1.82, 2.24) is 19.9 Å². The molecule has 4 aromatic heterocycles. The maximum atomic E-state index is 9.87. The smallest absolute Gasteiger partial charge is 1.00 e. The van der Waals surface area contributed by atoms with Gasteiger partial charge in [0.05, 0.1) is 34.2 Å². The van der Waals surface area contributed by atoms with Crippen LogP contribution in [0.5, 0.6) is 0 Å². The van der Waals surface area contributed by atoms with Crippen molar-refractivity contribution >= 4 is 7.81 Å². The van der Waals surface area contributed by atoms with Gasteiger partial charge in [-0.25, -0.2) is 9.97 Å². The zero-order valence-corrected chi connectivity index (χ0v) is 26.3. The van der Waals surface area contributed by atoms with Crippen molar-refractivity contribution in [2.75, 3.05) is 0 Å². The summed E-state index contributed by atoms with van der Waals surface area (Å²) in [4.78, 5) is 18.4. The topological polar surface area (TPSA) is 51.6 Å². The number of hydrogen-bond acceptors (Lipinski definition) is 4. The van der Waals surface area contributed by atoms with Gasteiger partial charge in [-0.2, -0.15) is 0 Å². The molecule has 0 saturated heterocycles. The maximum Gasteiger partial charge on any atom is 1.00 e. The number of benzene rings is 2. The van der Waals surface area contributed by atoms with Crippen LogP contribution in [0.3, 0.4) is 0 Å². The molecule has 0 radical (unpaired) electrons. The normalized spacial score (nSPS) is 12.1. The van der Waals surface area contributed by atoms with Gasteiger partial charge in [0.25, 0.3) is 0 Å². The molecule has 6 aromatic rings. The van der Waals surface area contributed by atoms with E-state index in [9.17, 15) is 25.2 Å². The van der Waals surface area contributed by atoms with Gasteiger partial charge in [-0.1, -0.05) is 84.9 Å². The van der Waals surface area contributed by atoms with Gasteiger partial charge >= 0.3 is 50.1 Å². The molecule has 0 aliphatic rings. The minimum atomic E-state index is -10.7. The minimum Gasteiger partial charge on any atom is 1.00 e. The molecule has 0 atom stereocenters. The van der Waals surface area contributed by atoms with Crippen molar-refractivity contribution in [2.45, 2.75) is 13.8 Å². The predicted molar refractivity (Wildman–Crippen MR) is 169 cm³/mol. The molecule has 46 heavy (non-hydrogen) atoms. The Labute approximate surface area is 273 Å². The number of hydrogen-bond donors (Lipinski definition) is 0. The third kappa shape index (κ3) is 12.9. The van der Waals surface area contributed by atoms with E-state index in [1.807, 2.05) is 123 Å².